The average Bonchev–Trinajstić information content (AvgIpc) is 2.24. The smallest absolute Gasteiger partial charge is 0.0317 e. The lowest BCUT2D eigenvalue weighted by Crippen LogP contribution is -2.29. The predicted molar refractivity (Wildman–Crippen MR) is 67.3 cm³/mol. The van der Waals surface area contributed by atoms with E-state index in [0.717, 1.165) is 24.0 Å². The number of rotatable bonds is 2. The molecule has 0 aliphatic carbocycles. The van der Waals surface area contributed by atoms with Crippen molar-refractivity contribution >= 4 is 17.4 Å². The molecule has 0 atom stereocenters. The Kier molecular flexibility index (Phi) is 3.54. The van der Waals surface area contributed by atoms with Crippen LogP contribution < -0.4 is 11.1 Å². The summed E-state index contributed by atoms with van der Waals surface area (Å²) in [7, 11) is 0. The molecule has 1 saturated heterocycles. The van der Waals surface area contributed by atoms with E-state index < -0.39 is 0 Å². The van der Waals surface area contributed by atoms with Crippen molar-refractivity contribution in [1.29, 1.82) is 0 Å². The zero-order valence-electron chi connectivity index (χ0n) is 9.12. The van der Waals surface area contributed by atoms with Gasteiger partial charge < -0.3 is 11.1 Å². The summed E-state index contributed by atoms with van der Waals surface area (Å²) in [4.78, 5) is 1.39. The number of nitrogen functional groups attached to an aromatic ring is 1. The first kappa shape index (κ1) is 10.8. The molecule has 15 heavy (non-hydrogen) atoms. The third-order valence-corrected chi connectivity index (χ3v) is 4.30. The molecule has 0 unspecified atom stereocenters. The van der Waals surface area contributed by atoms with Crippen LogP contribution in [0.2, 0.25) is 0 Å². The standard InChI is InChI=1S/C12H18N2S/c1-9-8-10(13)2-3-12(9)15-11-4-6-14-7-5-11/h2-3,8,11,14H,4-7,13H2,1H3. The molecule has 1 aliphatic rings. The van der Waals surface area contributed by atoms with Gasteiger partial charge in [0, 0.05) is 15.8 Å². The van der Waals surface area contributed by atoms with Crippen LogP contribution in [0.1, 0.15) is 18.4 Å². The Morgan fingerprint density at radius 1 is 1.33 bits per heavy atom. The highest BCUT2D eigenvalue weighted by Crippen LogP contribution is 2.31. The maximum Gasteiger partial charge on any atom is 0.0317 e. The normalized spacial score (nSPS) is 17.9. The Morgan fingerprint density at radius 2 is 2.07 bits per heavy atom. The van der Waals surface area contributed by atoms with E-state index in [1.54, 1.807) is 0 Å². The van der Waals surface area contributed by atoms with Gasteiger partial charge in [-0.25, -0.2) is 0 Å². The van der Waals surface area contributed by atoms with Gasteiger partial charge in [0.1, 0.15) is 0 Å². The van der Waals surface area contributed by atoms with Crippen LogP contribution in [0.15, 0.2) is 23.1 Å². The zero-order valence-corrected chi connectivity index (χ0v) is 9.94. The van der Waals surface area contributed by atoms with Gasteiger partial charge in [-0.1, -0.05) is 0 Å². The number of anilines is 1. The topological polar surface area (TPSA) is 38.0 Å². The van der Waals surface area contributed by atoms with Gasteiger partial charge in [0.25, 0.3) is 0 Å². The fourth-order valence-corrected chi connectivity index (χ4v) is 3.12. The van der Waals surface area contributed by atoms with Gasteiger partial charge in [-0.2, -0.15) is 0 Å². The molecular formula is C12H18N2S. The molecule has 2 rings (SSSR count). The van der Waals surface area contributed by atoms with Crippen LogP contribution in [-0.2, 0) is 0 Å². The summed E-state index contributed by atoms with van der Waals surface area (Å²) in [5, 5.41) is 4.16. The van der Waals surface area contributed by atoms with E-state index in [0.29, 0.717) is 0 Å². The van der Waals surface area contributed by atoms with Crippen molar-refractivity contribution in [2.45, 2.75) is 29.9 Å². The van der Waals surface area contributed by atoms with E-state index >= 15 is 0 Å². The summed E-state index contributed by atoms with van der Waals surface area (Å²) in [6.45, 7) is 4.46. The molecule has 0 spiro atoms. The lowest BCUT2D eigenvalue weighted by atomic mass is 10.2. The van der Waals surface area contributed by atoms with Crippen LogP contribution in [-0.4, -0.2) is 18.3 Å². The summed E-state index contributed by atoms with van der Waals surface area (Å²) < 4.78 is 0. The van der Waals surface area contributed by atoms with Crippen LogP contribution in [0.4, 0.5) is 5.69 Å². The van der Waals surface area contributed by atoms with E-state index in [4.69, 9.17) is 5.73 Å². The fourth-order valence-electron chi connectivity index (χ4n) is 1.90. The molecule has 0 aromatic heterocycles. The molecule has 1 aliphatic heterocycles. The summed E-state index contributed by atoms with van der Waals surface area (Å²) in [6.07, 6.45) is 2.54. The second-order valence-corrected chi connectivity index (χ2v) is 5.43. The quantitative estimate of drug-likeness (QED) is 0.755. The first-order valence-corrected chi connectivity index (χ1v) is 6.37. The number of thioether (sulfide) groups is 1. The number of piperidine rings is 1. The van der Waals surface area contributed by atoms with Gasteiger partial charge in [0.05, 0.1) is 0 Å². The van der Waals surface area contributed by atoms with Crippen molar-refractivity contribution in [3.8, 4) is 0 Å². The molecule has 0 bridgehead atoms. The van der Waals surface area contributed by atoms with Crippen molar-refractivity contribution in [2.75, 3.05) is 18.8 Å². The Labute approximate surface area is 95.6 Å². The molecule has 1 fully saturated rings. The number of nitrogens with one attached hydrogen (secondary N) is 1. The maximum atomic E-state index is 5.74. The van der Waals surface area contributed by atoms with Gasteiger partial charge in [-0.05, 0) is 56.6 Å². The van der Waals surface area contributed by atoms with Crippen LogP contribution in [0.5, 0.6) is 0 Å². The minimum absolute atomic E-state index is 0.772. The second-order valence-electron chi connectivity index (χ2n) is 4.09. The molecule has 1 aromatic rings. The highest BCUT2D eigenvalue weighted by molar-refractivity contribution is 8.00. The van der Waals surface area contributed by atoms with Crippen molar-refractivity contribution in [1.82, 2.24) is 5.32 Å². The highest BCUT2D eigenvalue weighted by Gasteiger charge is 2.14. The summed E-state index contributed by atoms with van der Waals surface area (Å²) in [5.41, 5.74) is 7.91. The van der Waals surface area contributed by atoms with Crippen molar-refractivity contribution < 1.29 is 0 Å². The van der Waals surface area contributed by atoms with E-state index in [1.807, 2.05) is 17.8 Å². The highest BCUT2D eigenvalue weighted by atomic mass is 32.2. The monoisotopic (exact) mass is 222 g/mol. The predicted octanol–water partition coefficient (Wildman–Crippen LogP) is 2.42. The molecule has 1 aromatic carbocycles. The van der Waals surface area contributed by atoms with E-state index in [-0.39, 0.29) is 0 Å². The van der Waals surface area contributed by atoms with Gasteiger partial charge in [-0.15, -0.1) is 11.8 Å². The number of nitrogens with two attached hydrogens (primary N) is 1. The zero-order chi connectivity index (χ0) is 10.7. The molecule has 0 amide bonds. The first-order valence-electron chi connectivity index (χ1n) is 5.49. The Hall–Kier alpha value is -0.670. The first-order chi connectivity index (χ1) is 7.25. The van der Waals surface area contributed by atoms with Crippen molar-refractivity contribution in [3.05, 3.63) is 23.8 Å². The van der Waals surface area contributed by atoms with E-state index in [1.165, 1.54) is 23.3 Å². The number of hydrogen-bond acceptors (Lipinski definition) is 3. The Morgan fingerprint density at radius 3 is 2.73 bits per heavy atom. The molecule has 0 radical (unpaired) electrons. The summed E-state index contributed by atoms with van der Waals surface area (Å²) in [5.74, 6) is 0. The molecule has 82 valence electrons. The van der Waals surface area contributed by atoms with Gasteiger partial charge in [0.15, 0.2) is 0 Å². The average molecular weight is 222 g/mol. The van der Waals surface area contributed by atoms with Crippen LogP contribution >= 0.6 is 11.8 Å². The van der Waals surface area contributed by atoms with Crippen LogP contribution in [0.25, 0.3) is 0 Å². The number of hydrogen-bond donors (Lipinski definition) is 2. The van der Waals surface area contributed by atoms with Crippen LogP contribution in [0, 0.1) is 6.92 Å². The van der Waals surface area contributed by atoms with E-state index in [2.05, 4.69) is 24.4 Å². The van der Waals surface area contributed by atoms with E-state index in [9.17, 15) is 0 Å². The molecule has 0 saturated carbocycles. The summed E-state index contributed by atoms with van der Waals surface area (Å²) in [6, 6.07) is 6.21. The maximum absolute atomic E-state index is 5.74. The molecular weight excluding hydrogens is 204 g/mol. The molecule has 1 heterocycles. The minimum atomic E-state index is 0.772. The van der Waals surface area contributed by atoms with Gasteiger partial charge >= 0.3 is 0 Å². The number of aryl methyl sites for hydroxylation is 1. The molecule has 2 nitrogen and oxygen atoms in total. The van der Waals surface area contributed by atoms with Gasteiger partial charge in [0.2, 0.25) is 0 Å². The van der Waals surface area contributed by atoms with Crippen LogP contribution in [0.3, 0.4) is 0 Å². The Balaban J connectivity index is 2.03. The van der Waals surface area contributed by atoms with Gasteiger partial charge in [-0.3, -0.25) is 0 Å². The number of benzene rings is 1. The largest absolute Gasteiger partial charge is 0.399 e. The third kappa shape index (κ3) is 2.89. The Bertz CT molecular complexity index is 332. The SMILES string of the molecule is Cc1cc(N)ccc1SC1CCNCC1. The third-order valence-electron chi connectivity index (χ3n) is 2.78. The summed E-state index contributed by atoms with van der Waals surface area (Å²) >= 11 is 2.00. The lowest BCUT2D eigenvalue weighted by molar-refractivity contribution is 0.531. The molecule has 3 heteroatoms. The van der Waals surface area contributed by atoms with Crippen molar-refractivity contribution in [2.24, 2.45) is 0 Å². The van der Waals surface area contributed by atoms with Crippen molar-refractivity contribution in [3.63, 3.8) is 0 Å². The minimum Gasteiger partial charge on any atom is -0.399 e. The lowest BCUT2D eigenvalue weighted by Gasteiger charge is -2.22. The molecule has 3 N–H and O–H groups in total. The second kappa shape index (κ2) is 4.90. The fraction of sp³-hybridized carbons (Fsp3) is 0.500.